The van der Waals surface area contributed by atoms with E-state index in [1.165, 1.54) is 12.1 Å². The maximum atomic E-state index is 13.3. The number of aromatic nitrogens is 2. The van der Waals surface area contributed by atoms with E-state index in [4.69, 9.17) is 0 Å². The molecule has 5 nitrogen and oxygen atoms in total. The number of piperazine rings is 1. The molecule has 1 fully saturated rings. The third-order valence-corrected chi connectivity index (χ3v) is 5.27. The summed E-state index contributed by atoms with van der Waals surface area (Å²) in [6.45, 7) is 10.9. The number of aryl methyl sites for hydroxylation is 1. The number of benzene rings is 1. The van der Waals surface area contributed by atoms with Crippen molar-refractivity contribution in [3.8, 4) is 5.69 Å². The van der Waals surface area contributed by atoms with Crippen molar-refractivity contribution in [2.45, 2.75) is 33.6 Å². The largest absolute Gasteiger partial charge is 0.332 e. The SMILES string of the molecule is CCc1nn(-c2ccc(F)cc2)c(CC)c1C(=O)N1CC[NH+](CC)CC1. The number of rotatable bonds is 5. The molecule has 0 spiro atoms. The highest BCUT2D eigenvalue weighted by Gasteiger charge is 2.29. The second-order valence-corrected chi connectivity index (χ2v) is 6.76. The van der Waals surface area contributed by atoms with Crippen molar-refractivity contribution >= 4 is 5.91 Å². The zero-order chi connectivity index (χ0) is 18.7. The Labute approximate surface area is 154 Å². The zero-order valence-corrected chi connectivity index (χ0v) is 15.9. The number of nitrogens with one attached hydrogen (secondary N) is 1. The molecule has 1 N–H and O–H groups in total. The van der Waals surface area contributed by atoms with E-state index >= 15 is 0 Å². The van der Waals surface area contributed by atoms with E-state index in [9.17, 15) is 9.18 Å². The van der Waals surface area contributed by atoms with E-state index in [1.807, 2.05) is 18.7 Å². The van der Waals surface area contributed by atoms with E-state index in [1.54, 1.807) is 21.7 Å². The molecule has 1 aromatic heterocycles. The fourth-order valence-electron chi connectivity index (χ4n) is 3.66. The maximum Gasteiger partial charge on any atom is 0.258 e. The molecular weight excluding hydrogens is 331 g/mol. The lowest BCUT2D eigenvalue weighted by atomic mass is 10.1. The zero-order valence-electron chi connectivity index (χ0n) is 15.9. The van der Waals surface area contributed by atoms with Crippen LogP contribution in [0.25, 0.3) is 5.69 Å². The summed E-state index contributed by atoms with van der Waals surface area (Å²) in [5.74, 6) is -0.190. The van der Waals surface area contributed by atoms with Crippen molar-refractivity contribution in [1.82, 2.24) is 14.7 Å². The molecule has 6 heteroatoms. The third-order valence-electron chi connectivity index (χ3n) is 5.27. The summed E-state index contributed by atoms with van der Waals surface area (Å²) in [5, 5.41) is 4.69. The Hall–Kier alpha value is -2.21. The fraction of sp³-hybridized carbons (Fsp3) is 0.500. The molecule has 140 valence electrons. The summed E-state index contributed by atoms with van der Waals surface area (Å²) in [6.07, 6.45) is 1.40. The molecule has 0 unspecified atom stereocenters. The highest BCUT2D eigenvalue weighted by Crippen LogP contribution is 2.22. The number of hydrogen-bond acceptors (Lipinski definition) is 2. The van der Waals surface area contributed by atoms with Gasteiger partial charge < -0.3 is 9.80 Å². The Balaban J connectivity index is 1.96. The molecule has 0 bridgehead atoms. The average molecular weight is 359 g/mol. The van der Waals surface area contributed by atoms with Gasteiger partial charge in [0, 0.05) is 0 Å². The van der Waals surface area contributed by atoms with Gasteiger partial charge >= 0.3 is 0 Å². The minimum Gasteiger partial charge on any atom is -0.332 e. The molecule has 2 heterocycles. The first-order chi connectivity index (χ1) is 12.6. The summed E-state index contributed by atoms with van der Waals surface area (Å²) < 4.78 is 15.1. The van der Waals surface area contributed by atoms with Gasteiger partial charge in [-0.15, -0.1) is 0 Å². The van der Waals surface area contributed by atoms with Crippen molar-refractivity contribution in [2.75, 3.05) is 32.7 Å². The van der Waals surface area contributed by atoms with Gasteiger partial charge in [0.15, 0.2) is 0 Å². The number of amides is 1. The van der Waals surface area contributed by atoms with Gasteiger partial charge in [-0.2, -0.15) is 5.10 Å². The maximum absolute atomic E-state index is 13.3. The standard InChI is InChI=1S/C20H27FN4O/c1-4-17-19(20(26)24-13-11-23(6-3)12-14-24)18(5-2)25(22-17)16-9-7-15(21)8-10-16/h7-10H,4-6,11-14H2,1-3H3/p+1. The minimum absolute atomic E-state index is 0.0854. The predicted molar refractivity (Wildman–Crippen MR) is 99.4 cm³/mol. The Morgan fingerprint density at radius 1 is 1.12 bits per heavy atom. The Bertz CT molecular complexity index is 761. The average Bonchev–Trinajstić information content (AvgIpc) is 3.06. The molecule has 1 aliphatic heterocycles. The monoisotopic (exact) mass is 359 g/mol. The van der Waals surface area contributed by atoms with Crippen molar-refractivity contribution in [3.63, 3.8) is 0 Å². The number of carbonyl (C=O) groups is 1. The van der Waals surface area contributed by atoms with Crippen LogP contribution in [-0.4, -0.2) is 53.3 Å². The van der Waals surface area contributed by atoms with Crippen LogP contribution in [0.4, 0.5) is 4.39 Å². The summed E-state index contributed by atoms with van der Waals surface area (Å²) >= 11 is 0. The molecule has 0 atom stereocenters. The van der Waals surface area contributed by atoms with Gasteiger partial charge in [-0.3, -0.25) is 4.79 Å². The van der Waals surface area contributed by atoms with Crippen molar-refractivity contribution in [2.24, 2.45) is 0 Å². The topological polar surface area (TPSA) is 42.6 Å². The van der Waals surface area contributed by atoms with Crippen LogP contribution in [0.2, 0.25) is 0 Å². The molecule has 2 aromatic rings. The summed E-state index contributed by atoms with van der Waals surface area (Å²) in [7, 11) is 0. The van der Waals surface area contributed by atoms with Crippen LogP contribution < -0.4 is 4.90 Å². The molecule has 1 aliphatic rings. The van der Waals surface area contributed by atoms with Crippen LogP contribution in [0.5, 0.6) is 0 Å². The first-order valence-electron chi connectivity index (χ1n) is 9.58. The number of halogens is 1. The van der Waals surface area contributed by atoms with Gasteiger partial charge in [0.2, 0.25) is 0 Å². The van der Waals surface area contributed by atoms with Crippen LogP contribution in [0.1, 0.15) is 42.5 Å². The van der Waals surface area contributed by atoms with Gasteiger partial charge in [-0.25, -0.2) is 9.07 Å². The van der Waals surface area contributed by atoms with E-state index in [0.717, 1.165) is 55.4 Å². The molecule has 1 aromatic carbocycles. The van der Waals surface area contributed by atoms with Crippen molar-refractivity contribution < 1.29 is 14.1 Å². The molecular formula is C20H28FN4O+. The first kappa shape index (κ1) is 18.6. The van der Waals surface area contributed by atoms with E-state index < -0.39 is 0 Å². The number of quaternary nitrogens is 1. The lowest BCUT2D eigenvalue weighted by Crippen LogP contribution is -3.14. The molecule has 3 rings (SSSR count). The Morgan fingerprint density at radius 2 is 1.77 bits per heavy atom. The van der Waals surface area contributed by atoms with Gasteiger partial charge in [-0.1, -0.05) is 13.8 Å². The quantitative estimate of drug-likeness (QED) is 0.879. The van der Waals surface area contributed by atoms with Crippen LogP contribution in [0, 0.1) is 5.82 Å². The highest BCUT2D eigenvalue weighted by atomic mass is 19.1. The lowest BCUT2D eigenvalue weighted by Gasteiger charge is -2.31. The Morgan fingerprint density at radius 3 is 2.31 bits per heavy atom. The Kier molecular flexibility index (Phi) is 5.71. The second-order valence-electron chi connectivity index (χ2n) is 6.76. The van der Waals surface area contributed by atoms with Crippen LogP contribution in [0.3, 0.4) is 0 Å². The van der Waals surface area contributed by atoms with E-state index in [-0.39, 0.29) is 11.7 Å². The molecule has 0 saturated carbocycles. The van der Waals surface area contributed by atoms with Gasteiger partial charge in [0.05, 0.1) is 55.4 Å². The van der Waals surface area contributed by atoms with Gasteiger partial charge in [0.25, 0.3) is 5.91 Å². The van der Waals surface area contributed by atoms with Crippen LogP contribution in [0.15, 0.2) is 24.3 Å². The van der Waals surface area contributed by atoms with Crippen LogP contribution >= 0.6 is 0 Å². The van der Waals surface area contributed by atoms with Gasteiger partial charge in [0.1, 0.15) is 5.82 Å². The number of nitrogens with zero attached hydrogens (tertiary/aromatic N) is 3. The molecule has 26 heavy (non-hydrogen) atoms. The summed E-state index contributed by atoms with van der Waals surface area (Å²) in [4.78, 5) is 16.8. The number of carbonyl (C=O) groups excluding carboxylic acids is 1. The first-order valence-corrected chi connectivity index (χ1v) is 9.58. The molecule has 1 amide bonds. The lowest BCUT2D eigenvalue weighted by molar-refractivity contribution is -0.902. The summed E-state index contributed by atoms with van der Waals surface area (Å²) in [6, 6.07) is 6.27. The molecule has 0 aliphatic carbocycles. The van der Waals surface area contributed by atoms with Crippen LogP contribution in [-0.2, 0) is 12.8 Å². The predicted octanol–water partition coefficient (Wildman–Crippen LogP) is 1.50. The second kappa shape index (κ2) is 7.99. The van der Waals surface area contributed by atoms with Gasteiger partial charge in [-0.05, 0) is 44.0 Å². The number of hydrogen-bond donors (Lipinski definition) is 1. The highest BCUT2D eigenvalue weighted by molar-refractivity contribution is 5.96. The van der Waals surface area contributed by atoms with E-state index in [0.29, 0.717) is 12.8 Å². The smallest absolute Gasteiger partial charge is 0.258 e. The molecule has 0 radical (unpaired) electrons. The molecule has 1 saturated heterocycles. The minimum atomic E-state index is -0.276. The summed E-state index contributed by atoms with van der Waals surface area (Å²) in [5.41, 5.74) is 3.25. The fourth-order valence-corrected chi connectivity index (χ4v) is 3.66. The van der Waals surface area contributed by atoms with E-state index in [2.05, 4.69) is 12.0 Å². The van der Waals surface area contributed by atoms with Crippen molar-refractivity contribution in [1.29, 1.82) is 0 Å². The number of likely N-dealkylation sites (N-methyl/N-ethyl adjacent to an activating group) is 1. The van der Waals surface area contributed by atoms with Crippen molar-refractivity contribution in [3.05, 3.63) is 47.0 Å². The third kappa shape index (κ3) is 3.51. The normalized spacial score (nSPS) is 15.5.